The van der Waals surface area contributed by atoms with Crippen LogP contribution in [0.2, 0.25) is 0 Å². The predicted octanol–water partition coefficient (Wildman–Crippen LogP) is -0.832. The highest BCUT2D eigenvalue weighted by Gasteiger charge is 2.24. The summed E-state index contributed by atoms with van der Waals surface area (Å²) in [4.78, 5) is 68.4. The van der Waals surface area contributed by atoms with E-state index in [2.05, 4.69) is 10.6 Å². The van der Waals surface area contributed by atoms with E-state index in [1.807, 2.05) is 0 Å². The lowest BCUT2D eigenvalue weighted by Crippen LogP contribution is -2.49. The van der Waals surface area contributed by atoms with Crippen molar-refractivity contribution in [1.82, 2.24) is 10.6 Å². The number of ketones is 1. The van der Waals surface area contributed by atoms with Crippen molar-refractivity contribution in [3.63, 3.8) is 0 Å². The van der Waals surface area contributed by atoms with Crippen LogP contribution in [0, 0.1) is 10.1 Å². The summed E-state index contributed by atoms with van der Waals surface area (Å²) in [5, 5.41) is 24.9. The van der Waals surface area contributed by atoms with E-state index in [0.29, 0.717) is 0 Å². The lowest BCUT2D eigenvalue weighted by atomic mass is 10.1. The normalized spacial score (nSPS) is 12.3. The average Bonchev–Trinajstić information content (AvgIpc) is 2.72. The number of carboxylic acids is 1. The van der Waals surface area contributed by atoms with Gasteiger partial charge in [-0.1, -0.05) is 0 Å². The molecular formula is C18H23N5O8S. The zero-order chi connectivity index (χ0) is 24.4. The maximum atomic E-state index is 12.4. The molecule has 1 aromatic rings. The van der Waals surface area contributed by atoms with Crippen molar-refractivity contribution in [3.8, 4) is 0 Å². The van der Waals surface area contributed by atoms with Crippen LogP contribution in [-0.4, -0.2) is 63.9 Å². The zero-order valence-electron chi connectivity index (χ0n) is 17.0. The summed E-state index contributed by atoms with van der Waals surface area (Å²) in [5.74, 6) is -3.99. The highest BCUT2D eigenvalue weighted by Crippen LogP contribution is 2.30. The van der Waals surface area contributed by atoms with Gasteiger partial charge in [0.1, 0.15) is 17.9 Å². The van der Waals surface area contributed by atoms with Gasteiger partial charge < -0.3 is 27.2 Å². The van der Waals surface area contributed by atoms with Crippen molar-refractivity contribution in [1.29, 1.82) is 0 Å². The van der Waals surface area contributed by atoms with E-state index in [0.717, 1.165) is 17.8 Å². The molecule has 0 heterocycles. The maximum absolute atomic E-state index is 12.4. The molecule has 0 spiro atoms. The smallest absolute Gasteiger partial charge is 0.320 e. The topological polar surface area (TPSA) is 225 Å². The number of benzene rings is 1. The van der Waals surface area contributed by atoms with Gasteiger partial charge in [-0.15, -0.1) is 11.8 Å². The first kappa shape index (κ1) is 26.5. The van der Waals surface area contributed by atoms with Crippen LogP contribution in [-0.2, 0) is 19.2 Å². The quantitative estimate of drug-likeness (QED) is 0.137. The van der Waals surface area contributed by atoms with Crippen molar-refractivity contribution in [2.75, 3.05) is 12.3 Å². The van der Waals surface area contributed by atoms with Crippen molar-refractivity contribution in [2.24, 2.45) is 11.5 Å². The number of nitrogens with zero attached hydrogens (tertiary/aromatic N) is 1. The monoisotopic (exact) mass is 469 g/mol. The van der Waals surface area contributed by atoms with Crippen molar-refractivity contribution >= 4 is 46.9 Å². The number of primary amides is 1. The van der Waals surface area contributed by atoms with E-state index in [9.17, 15) is 34.1 Å². The Labute approximate surface area is 186 Å². The Hall–Kier alpha value is -3.52. The van der Waals surface area contributed by atoms with Crippen LogP contribution in [0.5, 0.6) is 0 Å². The zero-order valence-corrected chi connectivity index (χ0v) is 17.8. The lowest BCUT2D eigenvalue weighted by molar-refractivity contribution is -0.387. The van der Waals surface area contributed by atoms with Gasteiger partial charge in [0, 0.05) is 23.8 Å². The highest BCUT2D eigenvalue weighted by molar-refractivity contribution is 7.99. The SMILES string of the molecule is CC(=O)CNC(=O)C(CSc1ccc(C(N)=O)cc1[N+](=O)[O-])NC(=O)CCC(N)C(=O)O. The van der Waals surface area contributed by atoms with E-state index in [1.165, 1.54) is 19.1 Å². The number of hydrogen-bond acceptors (Lipinski definition) is 9. The number of nitrogens with one attached hydrogen (secondary N) is 2. The summed E-state index contributed by atoms with van der Waals surface area (Å²) in [6.07, 6.45) is -0.446. The first-order chi connectivity index (χ1) is 14.9. The second kappa shape index (κ2) is 12.4. The Morgan fingerprint density at radius 1 is 1.25 bits per heavy atom. The summed E-state index contributed by atoms with van der Waals surface area (Å²) in [6, 6.07) is 1.13. The number of nitrogens with two attached hydrogens (primary N) is 2. The van der Waals surface area contributed by atoms with Gasteiger partial charge in [-0.05, 0) is 25.5 Å². The lowest BCUT2D eigenvalue weighted by Gasteiger charge is -2.18. The molecule has 0 saturated carbocycles. The van der Waals surface area contributed by atoms with Crippen LogP contribution in [0.1, 0.15) is 30.1 Å². The summed E-state index contributed by atoms with van der Waals surface area (Å²) in [7, 11) is 0. The average molecular weight is 469 g/mol. The molecule has 2 atom stereocenters. The highest BCUT2D eigenvalue weighted by atomic mass is 32.2. The van der Waals surface area contributed by atoms with Crippen molar-refractivity contribution in [3.05, 3.63) is 33.9 Å². The first-order valence-corrected chi connectivity index (χ1v) is 10.2. The standard InChI is InChI=1S/C18H23N5O8S/c1-9(24)7-21-17(27)12(22-15(25)5-3-11(19)18(28)29)8-32-14-4-2-10(16(20)26)6-13(14)23(30)31/h2,4,6,11-12H,3,5,7-8,19H2,1H3,(H2,20,26)(H,21,27)(H,22,25)(H,28,29). The number of Topliss-reactive ketones (excluding diaryl/α,β-unsaturated/α-hetero) is 1. The summed E-state index contributed by atoms with van der Waals surface area (Å²) in [6.45, 7) is 0.965. The number of nitro benzene ring substituents is 1. The molecule has 0 aliphatic carbocycles. The fraction of sp³-hybridized carbons (Fsp3) is 0.389. The van der Waals surface area contributed by atoms with E-state index >= 15 is 0 Å². The number of nitro groups is 1. The molecule has 0 aromatic heterocycles. The van der Waals surface area contributed by atoms with Crippen LogP contribution in [0.3, 0.4) is 0 Å². The molecule has 1 rings (SSSR count). The van der Waals surface area contributed by atoms with Crippen LogP contribution in [0.4, 0.5) is 5.69 Å². The molecule has 0 aliphatic rings. The summed E-state index contributed by atoms with van der Waals surface area (Å²) >= 11 is 0.865. The van der Waals surface area contributed by atoms with E-state index in [-0.39, 0.29) is 41.4 Å². The number of carbonyl (C=O) groups excluding carboxylic acids is 4. The predicted molar refractivity (Wildman–Crippen MR) is 113 cm³/mol. The number of aliphatic carboxylic acids is 1. The van der Waals surface area contributed by atoms with E-state index in [1.54, 1.807) is 0 Å². The molecule has 0 bridgehead atoms. The molecule has 1 aromatic carbocycles. The molecule has 32 heavy (non-hydrogen) atoms. The second-order valence-corrected chi connectivity index (χ2v) is 7.70. The van der Waals surface area contributed by atoms with Crippen LogP contribution in [0.25, 0.3) is 0 Å². The van der Waals surface area contributed by atoms with Crippen LogP contribution >= 0.6 is 11.8 Å². The van der Waals surface area contributed by atoms with Gasteiger partial charge in [0.05, 0.1) is 16.4 Å². The molecule has 0 radical (unpaired) electrons. The molecule has 7 N–H and O–H groups in total. The molecular weight excluding hydrogens is 446 g/mol. The maximum Gasteiger partial charge on any atom is 0.320 e. The van der Waals surface area contributed by atoms with E-state index in [4.69, 9.17) is 16.6 Å². The number of carbonyl (C=O) groups is 5. The van der Waals surface area contributed by atoms with Crippen LogP contribution < -0.4 is 22.1 Å². The third-order valence-electron chi connectivity index (χ3n) is 4.01. The second-order valence-electron chi connectivity index (χ2n) is 6.64. The Kier molecular flexibility index (Phi) is 10.2. The van der Waals surface area contributed by atoms with Gasteiger partial charge in [-0.25, -0.2) is 0 Å². The fourth-order valence-electron chi connectivity index (χ4n) is 2.30. The number of amides is 3. The molecule has 13 nitrogen and oxygen atoms in total. The molecule has 174 valence electrons. The van der Waals surface area contributed by atoms with Gasteiger partial charge in [0.2, 0.25) is 17.7 Å². The van der Waals surface area contributed by atoms with Gasteiger partial charge in [0.15, 0.2) is 0 Å². The Morgan fingerprint density at radius 2 is 1.91 bits per heavy atom. The minimum atomic E-state index is -1.28. The fourth-order valence-corrected chi connectivity index (χ4v) is 3.33. The molecule has 0 saturated heterocycles. The van der Waals surface area contributed by atoms with Crippen molar-refractivity contribution in [2.45, 2.75) is 36.7 Å². The largest absolute Gasteiger partial charge is 0.480 e. The van der Waals surface area contributed by atoms with Gasteiger partial charge in [0.25, 0.3) is 5.69 Å². The Balaban J connectivity index is 2.96. The molecule has 3 amide bonds. The minimum absolute atomic E-state index is 0.0696. The number of hydrogen-bond donors (Lipinski definition) is 5. The molecule has 14 heteroatoms. The molecule has 2 unspecified atom stereocenters. The van der Waals surface area contributed by atoms with Gasteiger partial charge in [-0.3, -0.25) is 34.1 Å². The first-order valence-electron chi connectivity index (χ1n) is 9.18. The number of carboxylic acid groups (broad SMARTS) is 1. The van der Waals surface area contributed by atoms with Crippen LogP contribution in [0.15, 0.2) is 23.1 Å². The van der Waals surface area contributed by atoms with Crippen molar-refractivity contribution < 1.29 is 34.0 Å². The third-order valence-corrected chi connectivity index (χ3v) is 5.16. The number of rotatable bonds is 13. The third kappa shape index (κ3) is 8.69. The van der Waals surface area contributed by atoms with E-state index < -0.39 is 46.4 Å². The Bertz CT molecular complexity index is 923. The van der Waals surface area contributed by atoms with Gasteiger partial charge in [-0.2, -0.15) is 0 Å². The van der Waals surface area contributed by atoms with Gasteiger partial charge >= 0.3 is 5.97 Å². The number of thioether (sulfide) groups is 1. The minimum Gasteiger partial charge on any atom is -0.480 e. The summed E-state index contributed by atoms with van der Waals surface area (Å²) in [5.41, 5.74) is 10.0. The molecule has 0 aliphatic heterocycles. The Morgan fingerprint density at radius 3 is 2.44 bits per heavy atom. The summed E-state index contributed by atoms with van der Waals surface area (Å²) < 4.78 is 0. The molecule has 0 fully saturated rings.